The summed E-state index contributed by atoms with van der Waals surface area (Å²) < 4.78 is 0.552. The number of nitrogens with one attached hydrogen (secondary N) is 1. The molecule has 2 fully saturated rings. The van der Waals surface area contributed by atoms with Gasteiger partial charge < -0.3 is 10.2 Å². The van der Waals surface area contributed by atoms with Gasteiger partial charge in [0.1, 0.15) is 0 Å². The molecule has 1 N–H and O–H groups in total. The van der Waals surface area contributed by atoms with Gasteiger partial charge in [0, 0.05) is 48.3 Å². The van der Waals surface area contributed by atoms with Crippen LogP contribution in [0.5, 0.6) is 0 Å². The minimum Gasteiger partial charge on any atom is -0.338 e. The second kappa shape index (κ2) is 5.14. The summed E-state index contributed by atoms with van der Waals surface area (Å²) in [6, 6.07) is 4.39. The third-order valence-electron chi connectivity index (χ3n) is 4.02. The molecule has 0 spiro atoms. The van der Waals surface area contributed by atoms with Crippen molar-refractivity contribution in [1.82, 2.24) is 10.2 Å². The summed E-state index contributed by atoms with van der Waals surface area (Å²) >= 11 is 3.22. The Morgan fingerprint density at radius 1 is 1.30 bits per heavy atom. The highest BCUT2D eigenvalue weighted by Gasteiger charge is 2.38. The average Bonchev–Trinajstić information content (AvgIpc) is 2.97. The van der Waals surface area contributed by atoms with Gasteiger partial charge in [-0.05, 0) is 17.9 Å². The monoisotopic (exact) mass is 339 g/mol. The number of non-ortho nitro benzene ring substituents is 1. The van der Waals surface area contributed by atoms with Crippen LogP contribution < -0.4 is 5.32 Å². The van der Waals surface area contributed by atoms with Gasteiger partial charge in [-0.2, -0.15) is 0 Å². The Bertz CT molecular complexity index is 566. The van der Waals surface area contributed by atoms with E-state index in [2.05, 4.69) is 21.2 Å². The quantitative estimate of drug-likeness (QED) is 0.656. The van der Waals surface area contributed by atoms with Crippen molar-refractivity contribution in [3.63, 3.8) is 0 Å². The first-order valence-electron chi connectivity index (χ1n) is 6.49. The summed E-state index contributed by atoms with van der Waals surface area (Å²) in [5.41, 5.74) is 0.308. The highest BCUT2D eigenvalue weighted by atomic mass is 79.9. The minimum absolute atomic E-state index is 0.0659. The van der Waals surface area contributed by atoms with E-state index >= 15 is 0 Å². The van der Waals surface area contributed by atoms with Crippen molar-refractivity contribution in [2.24, 2.45) is 11.8 Å². The second-order valence-electron chi connectivity index (χ2n) is 5.34. The van der Waals surface area contributed by atoms with Gasteiger partial charge in [-0.3, -0.25) is 14.9 Å². The molecule has 2 aliphatic rings. The van der Waals surface area contributed by atoms with Crippen molar-refractivity contribution in [2.75, 3.05) is 26.2 Å². The summed E-state index contributed by atoms with van der Waals surface area (Å²) in [5, 5.41) is 14.2. The van der Waals surface area contributed by atoms with E-state index in [1.54, 1.807) is 6.07 Å². The molecule has 6 nitrogen and oxygen atoms in total. The summed E-state index contributed by atoms with van der Waals surface area (Å²) in [7, 11) is 0. The second-order valence-corrected chi connectivity index (χ2v) is 6.26. The van der Waals surface area contributed by atoms with Gasteiger partial charge in [-0.25, -0.2) is 0 Å². The van der Waals surface area contributed by atoms with Gasteiger partial charge in [0.05, 0.1) is 4.92 Å². The maximum Gasteiger partial charge on any atom is 0.271 e. The van der Waals surface area contributed by atoms with Gasteiger partial charge in [0.2, 0.25) is 0 Å². The highest BCUT2D eigenvalue weighted by molar-refractivity contribution is 9.10. The molecule has 2 heterocycles. The first-order valence-corrected chi connectivity index (χ1v) is 7.29. The number of hydrogen-bond donors (Lipinski definition) is 1. The molecular weight excluding hydrogens is 326 g/mol. The molecule has 1 aromatic rings. The lowest BCUT2D eigenvalue weighted by atomic mass is 10.0. The summed E-state index contributed by atoms with van der Waals surface area (Å²) in [6.07, 6.45) is 0. The molecule has 1 amide bonds. The van der Waals surface area contributed by atoms with Crippen molar-refractivity contribution < 1.29 is 9.72 Å². The van der Waals surface area contributed by atoms with Crippen LogP contribution in [0.15, 0.2) is 22.7 Å². The number of nitro benzene ring substituents is 1. The van der Waals surface area contributed by atoms with Gasteiger partial charge >= 0.3 is 0 Å². The third kappa shape index (κ3) is 2.43. The molecule has 0 bridgehead atoms. The van der Waals surface area contributed by atoms with Crippen LogP contribution in [0.25, 0.3) is 0 Å². The minimum atomic E-state index is -0.482. The number of benzene rings is 1. The lowest BCUT2D eigenvalue weighted by Gasteiger charge is -2.17. The van der Waals surface area contributed by atoms with Gasteiger partial charge in [0.25, 0.3) is 11.6 Å². The molecule has 0 saturated carbocycles. The maximum absolute atomic E-state index is 12.5. The molecule has 1 aromatic carbocycles. The third-order valence-corrected chi connectivity index (χ3v) is 4.47. The van der Waals surface area contributed by atoms with Crippen LogP contribution in [-0.4, -0.2) is 41.9 Å². The number of carbonyl (C=O) groups is 1. The van der Waals surface area contributed by atoms with E-state index < -0.39 is 4.92 Å². The molecule has 2 atom stereocenters. The summed E-state index contributed by atoms with van der Waals surface area (Å²) in [6.45, 7) is 3.37. The fourth-order valence-corrected chi connectivity index (χ4v) is 3.49. The Labute approximate surface area is 124 Å². The number of nitrogens with zero attached hydrogens (tertiary/aromatic N) is 2. The maximum atomic E-state index is 12.5. The van der Waals surface area contributed by atoms with E-state index in [4.69, 9.17) is 0 Å². The number of fused-ring (bicyclic) bond motifs is 1. The van der Waals surface area contributed by atoms with Crippen LogP contribution in [0.2, 0.25) is 0 Å². The zero-order chi connectivity index (χ0) is 14.3. The molecule has 3 rings (SSSR count). The Kier molecular flexibility index (Phi) is 3.47. The molecule has 0 aliphatic carbocycles. The van der Waals surface area contributed by atoms with Crippen LogP contribution in [0.4, 0.5) is 5.69 Å². The fraction of sp³-hybridized carbons (Fsp3) is 0.462. The number of likely N-dealkylation sites (tertiary alicyclic amines) is 1. The number of carbonyl (C=O) groups excluding carboxylic acids is 1. The number of rotatable bonds is 2. The van der Waals surface area contributed by atoms with E-state index in [1.165, 1.54) is 12.1 Å². The van der Waals surface area contributed by atoms with E-state index in [0.717, 1.165) is 26.2 Å². The molecule has 7 heteroatoms. The molecule has 106 valence electrons. The lowest BCUT2D eigenvalue weighted by Crippen LogP contribution is -2.31. The van der Waals surface area contributed by atoms with Crippen LogP contribution in [0.1, 0.15) is 10.4 Å². The van der Waals surface area contributed by atoms with Crippen LogP contribution >= 0.6 is 15.9 Å². The van der Waals surface area contributed by atoms with Crippen molar-refractivity contribution in [1.29, 1.82) is 0 Å². The van der Waals surface area contributed by atoms with Crippen LogP contribution in [0.3, 0.4) is 0 Å². The summed E-state index contributed by atoms with van der Waals surface area (Å²) in [4.78, 5) is 24.7. The smallest absolute Gasteiger partial charge is 0.271 e. The topological polar surface area (TPSA) is 75.5 Å². The lowest BCUT2D eigenvalue weighted by molar-refractivity contribution is -0.385. The van der Waals surface area contributed by atoms with E-state index in [1.807, 2.05) is 4.90 Å². The Morgan fingerprint density at radius 3 is 2.55 bits per heavy atom. The van der Waals surface area contributed by atoms with Gasteiger partial charge in [0.15, 0.2) is 0 Å². The molecule has 0 aromatic heterocycles. The molecule has 2 aliphatic heterocycles. The Balaban J connectivity index is 1.82. The van der Waals surface area contributed by atoms with Crippen molar-refractivity contribution in [3.05, 3.63) is 38.3 Å². The zero-order valence-electron chi connectivity index (χ0n) is 10.7. The molecule has 2 unspecified atom stereocenters. The molecular formula is C13H14BrN3O3. The highest BCUT2D eigenvalue weighted by Crippen LogP contribution is 2.29. The fourth-order valence-electron chi connectivity index (χ4n) is 3.01. The van der Waals surface area contributed by atoms with Crippen LogP contribution in [-0.2, 0) is 0 Å². The predicted molar refractivity (Wildman–Crippen MR) is 76.5 cm³/mol. The predicted octanol–water partition coefficient (Wildman–Crippen LogP) is 1.65. The van der Waals surface area contributed by atoms with E-state index in [-0.39, 0.29) is 11.6 Å². The van der Waals surface area contributed by atoms with Crippen LogP contribution in [0, 0.1) is 22.0 Å². The van der Waals surface area contributed by atoms with E-state index in [9.17, 15) is 14.9 Å². The molecule has 2 saturated heterocycles. The first kappa shape index (κ1) is 13.5. The number of hydrogen-bond acceptors (Lipinski definition) is 4. The van der Waals surface area contributed by atoms with E-state index in [0.29, 0.717) is 21.9 Å². The van der Waals surface area contributed by atoms with Gasteiger partial charge in [-0.1, -0.05) is 15.9 Å². The average molecular weight is 340 g/mol. The Hall–Kier alpha value is -1.47. The summed E-state index contributed by atoms with van der Waals surface area (Å²) in [5.74, 6) is 0.908. The number of amides is 1. The van der Waals surface area contributed by atoms with Crippen molar-refractivity contribution in [2.45, 2.75) is 0 Å². The van der Waals surface area contributed by atoms with Gasteiger partial charge in [-0.15, -0.1) is 0 Å². The van der Waals surface area contributed by atoms with Crippen molar-refractivity contribution in [3.8, 4) is 0 Å². The number of halogens is 1. The molecule has 20 heavy (non-hydrogen) atoms. The number of nitro groups is 1. The largest absolute Gasteiger partial charge is 0.338 e. The normalized spacial score (nSPS) is 24.8. The van der Waals surface area contributed by atoms with Crippen molar-refractivity contribution >= 4 is 27.5 Å². The standard InChI is InChI=1S/C13H14BrN3O3/c14-11-1-8(2-12(3-11)17(19)20)13(18)16-6-9-4-15-5-10(9)7-16/h1-3,9-10,15H,4-7H2. The first-order chi connectivity index (χ1) is 9.54. The zero-order valence-corrected chi connectivity index (χ0v) is 12.3. The molecule has 0 radical (unpaired) electrons. The Morgan fingerprint density at radius 2 is 1.95 bits per heavy atom. The SMILES string of the molecule is O=C(c1cc(Br)cc([N+](=O)[O-])c1)N1CC2CNCC2C1.